The summed E-state index contributed by atoms with van der Waals surface area (Å²) in [5.41, 5.74) is 2.90. The number of ether oxygens (including phenoxy) is 1. The van der Waals surface area contributed by atoms with Crippen molar-refractivity contribution in [1.29, 1.82) is 0 Å². The Morgan fingerprint density at radius 2 is 1.77 bits per heavy atom. The quantitative estimate of drug-likeness (QED) is 0.353. The molecule has 3 aromatic carbocycles. The molecule has 4 rings (SSSR count). The lowest BCUT2D eigenvalue weighted by Gasteiger charge is -2.09. The second-order valence-corrected chi connectivity index (χ2v) is 7.88. The van der Waals surface area contributed by atoms with Crippen molar-refractivity contribution in [3.63, 3.8) is 0 Å². The average molecular weight is 432 g/mol. The number of rotatable bonds is 7. The molecule has 2 amide bonds. The highest BCUT2D eigenvalue weighted by atomic mass is 32.2. The highest BCUT2D eigenvalue weighted by Gasteiger charge is 2.09. The molecule has 4 aromatic rings. The number of aromatic nitrogens is 1. The highest BCUT2D eigenvalue weighted by molar-refractivity contribution is 8.00. The number of H-pyrrole nitrogens is 1. The van der Waals surface area contributed by atoms with Crippen LogP contribution in [-0.4, -0.2) is 29.7 Å². The summed E-state index contributed by atoms with van der Waals surface area (Å²) < 4.78 is 5.17. The number of carbonyl (C=O) groups is 2. The number of aromatic amines is 1. The summed E-state index contributed by atoms with van der Waals surface area (Å²) in [5.74, 6) is 0.564. The fourth-order valence-corrected chi connectivity index (χ4v) is 3.86. The summed E-state index contributed by atoms with van der Waals surface area (Å²) in [7, 11) is 1.56. The van der Waals surface area contributed by atoms with Crippen molar-refractivity contribution >= 4 is 45.9 Å². The predicted octanol–water partition coefficient (Wildman–Crippen LogP) is 5.16. The van der Waals surface area contributed by atoms with Crippen LogP contribution in [0.3, 0.4) is 0 Å². The average Bonchev–Trinajstić information content (AvgIpc) is 3.26. The summed E-state index contributed by atoms with van der Waals surface area (Å²) >= 11 is 1.41. The van der Waals surface area contributed by atoms with Crippen molar-refractivity contribution in [2.45, 2.75) is 4.90 Å². The molecular weight excluding hydrogens is 410 g/mol. The summed E-state index contributed by atoms with van der Waals surface area (Å²) in [4.78, 5) is 28.9. The second-order valence-electron chi connectivity index (χ2n) is 6.83. The Morgan fingerprint density at radius 3 is 2.65 bits per heavy atom. The number of hydrogen-bond donors (Lipinski definition) is 3. The van der Waals surface area contributed by atoms with Crippen LogP contribution in [0.25, 0.3) is 10.9 Å². The Balaban J connectivity index is 1.34. The molecule has 6 nitrogen and oxygen atoms in total. The third-order valence-electron chi connectivity index (χ3n) is 4.63. The van der Waals surface area contributed by atoms with Gasteiger partial charge in [-0.1, -0.05) is 18.2 Å². The van der Waals surface area contributed by atoms with Crippen LogP contribution in [-0.2, 0) is 4.79 Å². The molecule has 0 spiro atoms. The van der Waals surface area contributed by atoms with Gasteiger partial charge in [-0.15, -0.1) is 11.8 Å². The first-order valence-corrected chi connectivity index (χ1v) is 10.6. The minimum atomic E-state index is -0.224. The van der Waals surface area contributed by atoms with Crippen LogP contribution in [0.1, 0.15) is 10.4 Å². The van der Waals surface area contributed by atoms with Crippen molar-refractivity contribution in [3.8, 4) is 5.75 Å². The minimum Gasteiger partial charge on any atom is -0.497 e. The van der Waals surface area contributed by atoms with Gasteiger partial charge in [0.2, 0.25) is 5.91 Å². The smallest absolute Gasteiger partial charge is 0.255 e. The molecule has 0 atom stereocenters. The molecule has 1 aromatic heterocycles. The van der Waals surface area contributed by atoms with Crippen LogP contribution in [0.5, 0.6) is 5.75 Å². The first kappa shape index (κ1) is 20.6. The van der Waals surface area contributed by atoms with Gasteiger partial charge in [-0.25, -0.2) is 0 Å². The largest absolute Gasteiger partial charge is 0.497 e. The van der Waals surface area contributed by atoms with E-state index in [4.69, 9.17) is 4.74 Å². The molecule has 0 aliphatic rings. The van der Waals surface area contributed by atoms with Gasteiger partial charge >= 0.3 is 0 Å². The zero-order valence-electron chi connectivity index (χ0n) is 16.8. The van der Waals surface area contributed by atoms with E-state index in [1.54, 1.807) is 31.4 Å². The fraction of sp³-hybridized carbons (Fsp3) is 0.0833. The number of nitrogens with one attached hydrogen (secondary N) is 3. The van der Waals surface area contributed by atoms with E-state index in [1.807, 2.05) is 54.7 Å². The van der Waals surface area contributed by atoms with Gasteiger partial charge in [0.25, 0.3) is 5.91 Å². The van der Waals surface area contributed by atoms with Gasteiger partial charge in [0.05, 0.1) is 12.9 Å². The Labute approximate surface area is 184 Å². The van der Waals surface area contributed by atoms with Gasteiger partial charge in [0.1, 0.15) is 5.75 Å². The van der Waals surface area contributed by atoms with Crippen molar-refractivity contribution in [3.05, 3.63) is 84.6 Å². The monoisotopic (exact) mass is 431 g/mol. The number of methoxy groups -OCH3 is 1. The number of anilines is 2. The zero-order valence-corrected chi connectivity index (χ0v) is 17.7. The summed E-state index contributed by atoms with van der Waals surface area (Å²) in [5, 5.41) is 6.89. The summed E-state index contributed by atoms with van der Waals surface area (Å²) in [6.45, 7) is 0. The summed E-state index contributed by atoms with van der Waals surface area (Å²) in [6.07, 6.45) is 1.87. The number of thioether (sulfide) groups is 1. The maximum atomic E-state index is 12.5. The van der Waals surface area contributed by atoms with E-state index >= 15 is 0 Å². The molecular formula is C24H21N3O3S. The molecule has 0 fully saturated rings. The van der Waals surface area contributed by atoms with Gasteiger partial charge in [-0.2, -0.15) is 0 Å². The Kier molecular flexibility index (Phi) is 6.24. The molecule has 0 saturated carbocycles. The van der Waals surface area contributed by atoms with E-state index in [0.29, 0.717) is 17.0 Å². The number of benzene rings is 3. The van der Waals surface area contributed by atoms with E-state index in [1.165, 1.54) is 11.8 Å². The molecule has 1 heterocycles. The fourth-order valence-electron chi connectivity index (χ4n) is 3.10. The molecule has 0 aliphatic heterocycles. The number of fused-ring (bicyclic) bond motifs is 1. The van der Waals surface area contributed by atoms with Crippen molar-refractivity contribution in [1.82, 2.24) is 4.98 Å². The topological polar surface area (TPSA) is 83.2 Å². The van der Waals surface area contributed by atoms with Gasteiger partial charge in [0.15, 0.2) is 0 Å². The number of amides is 2. The van der Waals surface area contributed by atoms with Gasteiger partial charge in [-0.05, 0) is 60.0 Å². The predicted molar refractivity (Wildman–Crippen MR) is 125 cm³/mol. The van der Waals surface area contributed by atoms with E-state index in [-0.39, 0.29) is 17.6 Å². The Bertz CT molecular complexity index is 1240. The summed E-state index contributed by atoms with van der Waals surface area (Å²) in [6, 6.07) is 22.1. The van der Waals surface area contributed by atoms with E-state index < -0.39 is 0 Å². The van der Waals surface area contributed by atoms with E-state index in [9.17, 15) is 9.59 Å². The van der Waals surface area contributed by atoms with Crippen molar-refractivity contribution in [2.75, 3.05) is 23.5 Å². The van der Waals surface area contributed by atoms with Gasteiger partial charge in [0, 0.05) is 33.5 Å². The third-order valence-corrected chi connectivity index (χ3v) is 5.63. The minimum absolute atomic E-state index is 0.0956. The van der Waals surface area contributed by atoms with Crippen LogP contribution in [0, 0.1) is 0 Å². The first-order valence-electron chi connectivity index (χ1n) is 9.66. The van der Waals surface area contributed by atoms with Crippen LogP contribution in [0.2, 0.25) is 0 Å². The van der Waals surface area contributed by atoms with Crippen LogP contribution in [0.15, 0.2) is 83.9 Å². The first-order chi connectivity index (χ1) is 15.1. The standard InChI is InChI=1S/C24H21N3O3S/c1-30-20-6-2-4-17(12-20)24(29)27-18-5-3-7-21(13-18)31-15-23(28)26-19-9-8-16-10-11-25-22(16)14-19/h2-14,25H,15H2,1H3,(H,26,28)(H,27,29). The molecule has 7 heteroatoms. The maximum absolute atomic E-state index is 12.5. The number of carbonyl (C=O) groups excluding carboxylic acids is 2. The molecule has 0 saturated heterocycles. The lowest BCUT2D eigenvalue weighted by Crippen LogP contribution is -2.14. The third kappa shape index (κ3) is 5.26. The number of hydrogen-bond acceptors (Lipinski definition) is 4. The van der Waals surface area contributed by atoms with Gasteiger partial charge < -0.3 is 20.4 Å². The maximum Gasteiger partial charge on any atom is 0.255 e. The van der Waals surface area contributed by atoms with E-state index in [2.05, 4.69) is 15.6 Å². The molecule has 0 radical (unpaired) electrons. The van der Waals surface area contributed by atoms with Crippen LogP contribution in [0.4, 0.5) is 11.4 Å². The zero-order chi connectivity index (χ0) is 21.6. The van der Waals surface area contributed by atoms with Crippen molar-refractivity contribution < 1.29 is 14.3 Å². The molecule has 0 aliphatic carbocycles. The normalized spacial score (nSPS) is 10.6. The van der Waals surface area contributed by atoms with Gasteiger partial charge in [-0.3, -0.25) is 9.59 Å². The van der Waals surface area contributed by atoms with Crippen LogP contribution >= 0.6 is 11.8 Å². The second kappa shape index (κ2) is 9.40. The van der Waals surface area contributed by atoms with Crippen LogP contribution < -0.4 is 15.4 Å². The Hall–Kier alpha value is -3.71. The highest BCUT2D eigenvalue weighted by Crippen LogP contribution is 2.23. The molecule has 0 unspecified atom stereocenters. The SMILES string of the molecule is COc1cccc(C(=O)Nc2cccc(SCC(=O)Nc3ccc4cc[nH]c4c3)c2)c1. The lowest BCUT2D eigenvalue weighted by molar-refractivity contribution is -0.113. The molecule has 31 heavy (non-hydrogen) atoms. The van der Waals surface area contributed by atoms with E-state index in [0.717, 1.165) is 21.5 Å². The lowest BCUT2D eigenvalue weighted by atomic mass is 10.2. The molecule has 3 N–H and O–H groups in total. The molecule has 0 bridgehead atoms. The molecule has 156 valence electrons. The Morgan fingerprint density at radius 1 is 0.935 bits per heavy atom. The van der Waals surface area contributed by atoms with Crippen molar-refractivity contribution in [2.24, 2.45) is 0 Å².